The zero-order valence-corrected chi connectivity index (χ0v) is 17.6. The second kappa shape index (κ2) is 8.49. The number of aliphatic hydroxyl groups is 1. The molecular weight excluding hydrogens is 406 g/mol. The van der Waals surface area contributed by atoms with Gasteiger partial charge in [0.05, 0.1) is 12.7 Å². The van der Waals surface area contributed by atoms with Crippen molar-refractivity contribution in [2.75, 3.05) is 13.2 Å². The lowest BCUT2D eigenvalue weighted by molar-refractivity contribution is 0.118. The van der Waals surface area contributed by atoms with Crippen LogP contribution in [0.4, 0.5) is 0 Å². The number of nitrogens with zero attached hydrogens (tertiary/aromatic N) is 4. The van der Waals surface area contributed by atoms with Crippen molar-refractivity contribution in [2.45, 2.75) is 32.4 Å². The molecule has 0 amide bonds. The Balaban J connectivity index is 1.59. The summed E-state index contributed by atoms with van der Waals surface area (Å²) < 4.78 is 14.7. The molecule has 3 N–H and O–H groups in total. The molecule has 0 radical (unpaired) electrons. The van der Waals surface area contributed by atoms with Gasteiger partial charge in [0.15, 0.2) is 0 Å². The molecule has 1 saturated heterocycles. The molecule has 0 saturated carbocycles. The summed E-state index contributed by atoms with van der Waals surface area (Å²) in [6.07, 6.45) is -0.191. The number of nitrogens with two attached hydrogens (primary N) is 1. The van der Waals surface area contributed by atoms with Crippen molar-refractivity contribution in [1.82, 2.24) is 15.0 Å². The topological polar surface area (TPSA) is 110 Å². The number of benzene rings is 2. The fraction of sp³-hybridized carbons (Fsp3) is 0.381. The highest BCUT2D eigenvalue weighted by Gasteiger charge is 2.39. The minimum Gasteiger partial charge on any atom is -0.493 e. The van der Waals surface area contributed by atoms with Crippen LogP contribution in [0.25, 0.3) is 22.2 Å². The lowest BCUT2D eigenvalue weighted by Crippen LogP contribution is -2.38. The third kappa shape index (κ3) is 4.06. The quantitative estimate of drug-likeness (QED) is 0.471. The van der Waals surface area contributed by atoms with E-state index in [4.69, 9.17) is 26.8 Å². The monoisotopic (exact) mass is 429 g/mol. The van der Waals surface area contributed by atoms with Gasteiger partial charge >= 0.3 is 0 Å². The molecule has 1 fully saturated rings. The summed E-state index contributed by atoms with van der Waals surface area (Å²) in [4.78, 5) is 6.16. The number of aromatic nitrogens is 2. The normalized spacial score (nSPS) is 19.8. The van der Waals surface area contributed by atoms with E-state index in [-0.39, 0.29) is 11.9 Å². The van der Waals surface area contributed by atoms with Gasteiger partial charge in [0, 0.05) is 23.9 Å². The Morgan fingerprint density at radius 1 is 1.33 bits per heavy atom. The molecule has 2 atom stereocenters. The molecule has 0 aliphatic carbocycles. The largest absolute Gasteiger partial charge is 0.493 e. The van der Waals surface area contributed by atoms with E-state index in [1.165, 1.54) is 0 Å². The van der Waals surface area contributed by atoms with Crippen LogP contribution >= 0.6 is 11.8 Å². The average Bonchev–Trinajstić information content (AvgIpc) is 3.37. The molecule has 1 aliphatic rings. The Bertz CT molecular complexity index is 1070. The maximum absolute atomic E-state index is 10.3. The molecule has 3 aromatic rings. The molecular formula is C21H24ClN5O3. The van der Waals surface area contributed by atoms with E-state index in [0.29, 0.717) is 31.3 Å². The highest BCUT2D eigenvalue weighted by Crippen LogP contribution is 2.33. The highest BCUT2D eigenvalue weighted by atomic mass is 35.5. The van der Waals surface area contributed by atoms with Crippen LogP contribution in [-0.2, 0) is 0 Å². The van der Waals surface area contributed by atoms with E-state index in [1.807, 2.05) is 36.4 Å². The first-order valence-corrected chi connectivity index (χ1v) is 10.2. The Hall–Kier alpha value is -2.84. The molecule has 8 nitrogen and oxygen atoms in total. The van der Waals surface area contributed by atoms with Crippen molar-refractivity contribution in [1.29, 1.82) is 0 Å². The second-order valence-corrected chi connectivity index (χ2v) is 7.99. The van der Waals surface area contributed by atoms with Gasteiger partial charge in [0.1, 0.15) is 11.8 Å². The van der Waals surface area contributed by atoms with Gasteiger partial charge in [-0.1, -0.05) is 37.2 Å². The number of halogens is 1. The Kier molecular flexibility index (Phi) is 5.78. The minimum absolute atomic E-state index is 0.110. The first kappa shape index (κ1) is 20.4. The van der Waals surface area contributed by atoms with Gasteiger partial charge in [0.2, 0.25) is 11.8 Å². The molecule has 1 aromatic heterocycles. The number of ether oxygens (including phenoxy) is 1. The lowest BCUT2D eigenvalue weighted by atomic mass is 10.1. The summed E-state index contributed by atoms with van der Waals surface area (Å²) in [7, 11) is 0. The van der Waals surface area contributed by atoms with Crippen molar-refractivity contribution in [3.63, 3.8) is 0 Å². The molecule has 9 heteroatoms. The van der Waals surface area contributed by atoms with E-state index in [9.17, 15) is 5.11 Å². The van der Waals surface area contributed by atoms with E-state index in [1.54, 1.807) is 4.90 Å². The zero-order chi connectivity index (χ0) is 21.3. The van der Waals surface area contributed by atoms with Crippen LogP contribution in [0.3, 0.4) is 0 Å². The molecule has 2 heterocycles. The van der Waals surface area contributed by atoms with Gasteiger partial charge in [0.25, 0.3) is 5.89 Å². The molecule has 0 spiro atoms. The van der Waals surface area contributed by atoms with Crippen molar-refractivity contribution in [3.05, 3.63) is 42.3 Å². The van der Waals surface area contributed by atoms with Crippen LogP contribution in [0.1, 0.15) is 32.2 Å². The molecule has 0 unspecified atom stereocenters. The van der Waals surface area contributed by atoms with Gasteiger partial charge in [-0.15, -0.1) is 4.51 Å². The number of aliphatic hydroxyl groups excluding tert-OH is 1. The summed E-state index contributed by atoms with van der Waals surface area (Å²) in [5.74, 6) is 2.14. The third-order valence-electron chi connectivity index (χ3n) is 5.09. The number of likely N-dealkylation sites (tertiary alicyclic amines) is 1. The van der Waals surface area contributed by atoms with Crippen molar-refractivity contribution in [2.24, 2.45) is 16.2 Å². The van der Waals surface area contributed by atoms with Crippen LogP contribution in [0, 0.1) is 5.92 Å². The number of guanidine groups is 1. The molecule has 0 bridgehead atoms. The molecule has 1 aliphatic heterocycles. The van der Waals surface area contributed by atoms with Gasteiger partial charge < -0.3 is 25.0 Å². The summed E-state index contributed by atoms with van der Waals surface area (Å²) in [6, 6.07) is 11.3. The van der Waals surface area contributed by atoms with Crippen LogP contribution in [0.2, 0.25) is 0 Å². The van der Waals surface area contributed by atoms with Crippen LogP contribution in [0.5, 0.6) is 5.75 Å². The highest BCUT2D eigenvalue weighted by molar-refractivity contribution is 6.19. The molecule has 158 valence electrons. The SMILES string of the molecule is CC(C)COc1ccc2cc(-c3noc([C@@H]4[C@@H](O)CCN4C(N)=NCl)n3)ccc2c1. The summed E-state index contributed by atoms with van der Waals surface area (Å²) in [5, 5.41) is 16.5. The van der Waals surface area contributed by atoms with Crippen molar-refractivity contribution in [3.8, 4) is 17.1 Å². The van der Waals surface area contributed by atoms with Crippen molar-refractivity contribution >= 4 is 28.5 Å². The number of hydrogen-bond acceptors (Lipinski definition) is 6. The standard InChI is InChI=1S/C21H24ClN5O3/c1-12(2)11-29-16-6-5-13-9-15(4-3-14(13)10-16)19-24-20(30-26-19)18-17(28)7-8-27(18)21(23)25-22/h3-6,9-10,12,17-18,28H,7-8,11H2,1-2H3,(H2,23,25)/t17-,18-/m0/s1. The van der Waals surface area contributed by atoms with Gasteiger partial charge in [-0.05, 0) is 41.3 Å². The first-order chi connectivity index (χ1) is 14.5. The maximum Gasteiger partial charge on any atom is 0.252 e. The van der Waals surface area contributed by atoms with E-state index in [2.05, 4.69) is 28.5 Å². The van der Waals surface area contributed by atoms with Crippen LogP contribution in [0.15, 0.2) is 45.4 Å². The van der Waals surface area contributed by atoms with E-state index >= 15 is 0 Å². The van der Waals surface area contributed by atoms with E-state index in [0.717, 1.165) is 22.1 Å². The van der Waals surface area contributed by atoms with Crippen molar-refractivity contribution < 1.29 is 14.4 Å². The maximum atomic E-state index is 10.3. The summed E-state index contributed by atoms with van der Waals surface area (Å²) in [6.45, 7) is 5.42. The van der Waals surface area contributed by atoms with Gasteiger partial charge in [-0.25, -0.2) is 0 Å². The lowest BCUT2D eigenvalue weighted by Gasteiger charge is -2.23. The average molecular weight is 430 g/mol. The fourth-order valence-corrected chi connectivity index (χ4v) is 3.66. The zero-order valence-electron chi connectivity index (χ0n) is 16.8. The molecule has 4 rings (SSSR count). The van der Waals surface area contributed by atoms with Gasteiger partial charge in [-0.2, -0.15) is 4.98 Å². The predicted octanol–water partition coefficient (Wildman–Crippen LogP) is 3.50. The molecule has 2 aromatic carbocycles. The van der Waals surface area contributed by atoms with Crippen LogP contribution < -0.4 is 10.5 Å². The summed E-state index contributed by atoms with van der Waals surface area (Å²) >= 11 is 5.50. The minimum atomic E-state index is -0.698. The smallest absolute Gasteiger partial charge is 0.252 e. The Labute approximate surface area is 179 Å². The van der Waals surface area contributed by atoms with Gasteiger partial charge in [-0.3, -0.25) is 0 Å². The second-order valence-electron chi connectivity index (χ2n) is 7.82. The fourth-order valence-electron chi connectivity index (χ4n) is 3.57. The Morgan fingerprint density at radius 2 is 2.10 bits per heavy atom. The predicted molar refractivity (Wildman–Crippen MR) is 115 cm³/mol. The summed E-state index contributed by atoms with van der Waals surface area (Å²) in [5.41, 5.74) is 6.64. The number of hydrogen-bond donors (Lipinski definition) is 2. The first-order valence-electron chi connectivity index (χ1n) is 9.86. The van der Waals surface area contributed by atoms with E-state index < -0.39 is 12.1 Å². The Morgan fingerprint density at radius 3 is 2.87 bits per heavy atom. The van der Waals surface area contributed by atoms with Crippen LogP contribution in [-0.4, -0.2) is 45.4 Å². The number of fused-ring (bicyclic) bond motifs is 1. The molecule has 30 heavy (non-hydrogen) atoms. The number of rotatable bonds is 5. The third-order valence-corrected chi connectivity index (χ3v) is 5.27.